The summed E-state index contributed by atoms with van der Waals surface area (Å²) in [5.74, 6) is 0. The van der Waals surface area contributed by atoms with Gasteiger partial charge in [0.15, 0.2) is 0 Å². The van der Waals surface area contributed by atoms with E-state index >= 15 is 0 Å². The van der Waals surface area contributed by atoms with Crippen LogP contribution in [-0.4, -0.2) is 9.78 Å². The van der Waals surface area contributed by atoms with Gasteiger partial charge in [0.2, 0.25) is 0 Å². The van der Waals surface area contributed by atoms with Crippen molar-refractivity contribution >= 4 is 0 Å². The fourth-order valence-electron chi connectivity index (χ4n) is 2.86. The van der Waals surface area contributed by atoms with E-state index in [0.29, 0.717) is 6.04 Å². The van der Waals surface area contributed by atoms with Gasteiger partial charge in [0, 0.05) is 38.4 Å². The predicted molar refractivity (Wildman–Crippen MR) is 81.7 cm³/mol. The van der Waals surface area contributed by atoms with Gasteiger partial charge in [0.1, 0.15) is 0 Å². The van der Waals surface area contributed by atoms with Gasteiger partial charge < -0.3 is 0 Å². The van der Waals surface area contributed by atoms with Crippen LogP contribution in [0.25, 0.3) is 11.1 Å². The van der Waals surface area contributed by atoms with E-state index in [4.69, 9.17) is 5.10 Å². The number of rotatable bonds is 2. The third kappa shape index (κ3) is 2.76. The van der Waals surface area contributed by atoms with Crippen molar-refractivity contribution < 1.29 is 21.1 Å². The van der Waals surface area contributed by atoms with E-state index in [-0.39, 0.29) is 21.1 Å². The van der Waals surface area contributed by atoms with Gasteiger partial charge in [0.25, 0.3) is 0 Å². The van der Waals surface area contributed by atoms with Crippen molar-refractivity contribution in [3.8, 4) is 11.1 Å². The minimum absolute atomic E-state index is 0. The summed E-state index contributed by atoms with van der Waals surface area (Å²) in [5.41, 5.74) is 9.12. The van der Waals surface area contributed by atoms with Crippen LogP contribution in [0.5, 0.6) is 0 Å². The second-order valence-electron chi connectivity index (χ2n) is 5.78. The smallest absolute Gasteiger partial charge is 0.0675 e. The molecule has 3 heteroatoms. The van der Waals surface area contributed by atoms with Crippen LogP contribution >= 0.6 is 0 Å². The van der Waals surface area contributed by atoms with Crippen molar-refractivity contribution in [3.05, 3.63) is 40.2 Å². The molecular formula is C17H24N2Pt. The zero-order valence-corrected chi connectivity index (χ0v) is 15.7. The van der Waals surface area contributed by atoms with Crippen molar-refractivity contribution in [2.75, 3.05) is 0 Å². The number of hydrogen-bond acceptors (Lipinski definition) is 1. The molecule has 2 nitrogen and oxygen atoms in total. The molecular weight excluding hydrogens is 427 g/mol. The maximum atomic E-state index is 4.71. The number of benzene rings is 1. The van der Waals surface area contributed by atoms with E-state index in [1.165, 1.54) is 33.5 Å². The van der Waals surface area contributed by atoms with Crippen molar-refractivity contribution in [3.63, 3.8) is 0 Å². The van der Waals surface area contributed by atoms with Crippen LogP contribution in [0.2, 0.25) is 0 Å². The summed E-state index contributed by atoms with van der Waals surface area (Å²) in [6.45, 7) is 15.2. The molecule has 0 aliphatic carbocycles. The van der Waals surface area contributed by atoms with Crippen LogP contribution in [0.4, 0.5) is 0 Å². The Hall–Kier alpha value is -0.882. The number of hydrogen-bond donors (Lipinski definition) is 0. The molecule has 112 valence electrons. The van der Waals surface area contributed by atoms with Crippen LogP contribution in [0.15, 0.2) is 12.1 Å². The van der Waals surface area contributed by atoms with Gasteiger partial charge in [-0.25, -0.2) is 0 Å². The van der Waals surface area contributed by atoms with Crippen LogP contribution in [0.3, 0.4) is 0 Å². The summed E-state index contributed by atoms with van der Waals surface area (Å²) >= 11 is 0. The van der Waals surface area contributed by atoms with Crippen molar-refractivity contribution in [2.24, 2.45) is 0 Å². The summed E-state index contributed by atoms with van der Waals surface area (Å²) in [7, 11) is 0. The van der Waals surface area contributed by atoms with Crippen LogP contribution in [0, 0.1) is 34.6 Å². The Kier molecular flexibility index (Phi) is 5.38. The second-order valence-corrected chi connectivity index (χ2v) is 5.78. The van der Waals surface area contributed by atoms with Gasteiger partial charge in [-0.05, 0) is 70.7 Å². The molecule has 2 aromatic rings. The maximum absolute atomic E-state index is 4.71. The van der Waals surface area contributed by atoms with Gasteiger partial charge in [-0.1, -0.05) is 12.1 Å². The van der Waals surface area contributed by atoms with Gasteiger partial charge in [-0.15, -0.1) is 0 Å². The quantitative estimate of drug-likeness (QED) is 0.649. The summed E-state index contributed by atoms with van der Waals surface area (Å²) in [4.78, 5) is 0. The number of aryl methyl sites for hydroxylation is 3. The van der Waals surface area contributed by atoms with E-state index in [0.717, 1.165) is 5.69 Å². The molecule has 0 amide bonds. The average Bonchev–Trinajstić information content (AvgIpc) is 2.62. The SMILES string of the molecule is Cc1ccc(C)c(-c2c(C)nn(C(C)C)c2C)c1C.[Pt]. The molecule has 0 aliphatic heterocycles. The molecule has 1 heterocycles. The topological polar surface area (TPSA) is 17.8 Å². The van der Waals surface area contributed by atoms with Crippen molar-refractivity contribution in [1.29, 1.82) is 0 Å². The Morgan fingerprint density at radius 1 is 0.900 bits per heavy atom. The van der Waals surface area contributed by atoms with Gasteiger partial charge in [-0.3, -0.25) is 4.68 Å². The Labute approximate surface area is 136 Å². The molecule has 0 saturated carbocycles. The first-order chi connectivity index (χ1) is 8.84. The molecule has 0 bridgehead atoms. The van der Waals surface area contributed by atoms with Gasteiger partial charge in [0.05, 0.1) is 5.69 Å². The molecule has 2 rings (SSSR count). The summed E-state index contributed by atoms with van der Waals surface area (Å²) < 4.78 is 2.13. The monoisotopic (exact) mass is 451 g/mol. The molecule has 0 fully saturated rings. The van der Waals surface area contributed by atoms with Crippen molar-refractivity contribution in [1.82, 2.24) is 9.78 Å². The predicted octanol–water partition coefficient (Wildman–Crippen LogP) is 4.67. The summed E-state index contributed by atoms with van der Waals surface area (Å²) in [5, 5.41) is 4.71. The Balaban J connectivity index is 0.00000200. The Bertz CT molecular complexity index is 624. The minimum Gasteiger partial charge on any atom is -0.266 e. The molecule has 0 atom stereocenters. The second kappa shape index (κ2) is 6.26. The fourth-order valence-corrected chi connectivity index (χ4v) is 2.86. The molecule has 0 N–H and O–H groups in total. The Morgan fingerprint density at radius 2 is 1.45 bits per heavy atom. The normalized spacial score (nSPS) is 10.8. The third-order valence-corrected chi connectivity index (χ3v) is 4.01. The molecule has 1 aromatic heterocycles. The zero-order chi connectivity index (χ0) is 14.3. The first kappa shape index (κ1) is 17.2. The molecule has 1 aromatic carbocycles. The Morgan fingerprint density at radius 3 is 1.95 bits per heavy atom. The summed E-state index contributed by atoms with van der Waals surface area (Å²) in [6, 6.07) is 4.81. The average molecular weight is 451 g/mol. The van der Waals surface area contributed by atoms with E-state index in [1.807, 2.05) is 0 Å². The fraction of sp³-hybridized carbons (Fsp3) is 0.471. The summed E-state index contributed by atoms with van der Waals surface area (Å²) in [6.07, 6.45) is 0. The number of aromatic nitrogens is 2. The van der Waals surface area contributed by atoms with Crippen LogP contribution < -0.4 is 0 Å². The van der Waals surface area contributed by atoms with E-state index in [9.17, 15) is 0 Å². The molecule has 0 radical (unpaired) electrons. The zero-order valence-electron chi connectivity index (χ0n) is 13.4. The number of nitrogens with zero attached hydrogens (tertiary/aromatic N) is 2. The van der Waals surface area contributed by atoms with Crippen molar-refractivity contribution in [2.45, 2.75) is 54.5 Å². The first-order valence-electron chi connectivity index (χ1n) is 6.97. The molecule has 20 heavy (non-hydrogen) atoms. The van der Waals surface area contributed by atoms with E-state index in [2.05, 4.69) is 65.3 Å². The minimum atomic E-state index is 0. The van der Waals surface area contributed by atoms with E-state index < -0.39 is 0 Å². The molecule has 0 saturated heterocycles. The van der Waals surface area contributed by atoms with Crippen LogP contribution in [0.1, 0.15) is 48.0 Å². The standard InChI is InChI=1S/C17H24N2.Pt/c1-10(2)19-15(7)17(14(6)18-19)16-12(4)9-8-11(3)13(16)5;/h8-10H,1-7H3;. The van der Waals surface area contributed by atoms with Gasteiger partial charge in [-0.2, -0.15) is 5.10 Å². The molecule has 0 unspecified atom stereocenters. The van der Waals surface area contributed by atoms with Crippen LogP contribution in [-0.2, 0) is 21.1 Å². The molecule has 0 aliphatic rings. The first-order valence-corrected chi connectivity index (χ1v) is 6.97. The molecule has 0 spiro atoms. The van der Waals surface area contributed by atoms with Gasteiger partial charge >= 0.3 is 0 Å². The largest absolute Gasteiger partial charge is 0.266 e. The maximum Gasteiger partial charge on any atom is 0.0675 e. The third-order valence-electron chi connectivity index (χ3n) is 4.01. The van der Waals surface area contributed by atoms with E-state index in [1.54, 1.807) is 0 Å².